The molecule has 0 radical (unpaired) electrons. The van der Waals surface area contributed by atoms with Crippen LogP contribution in [-0.2, 0) is 4.74 Å². The zero-order chi connectivity index (χ0) is 14.5. The lowest BCUT2D eigenvalue weighted by molar-refractivity contribution is 0.0974. The van der Waals surface area contributed by atoms with Gasteiger partial charge in [-0.2, -0.15) is 0 Å². The molecule has 0 aliphatic rings. The fourth-order valence-corrected chi connectivity index (χ4v) is 1.37. The molecule has 0 heterocycles. The van der Waals surface area contributed by atoms with Crippen molar-refractivity contribution in [1.82, 2.24) is 0 Å². The van der Waals surface area contributed by atoms with Crippen molar-refractivity contribution in [3.05, 3.63) is 29.8 Å². The zero-order valence-electron chi connectivity index (χ0n) is 9.99. The van der Waals surface area contributed by atoms with Crippen molar-refractivity contribution in [3.63, 3.8) is 0 Å². The minimum atomic E-state index is -1.70. The van der Waals surface area contributed by atoms with Crippen LogP contribution in [0.2, 0.25) is 0 Å². The monoisotopic (exact) mass is 324 g/mol. The second kappa shape index (κ2) is 6.98. The molecule has 0 aliphatic carbocycles. The first-order valence-corrected chi connectivity index (χ1v) is 6.50. The lowest BCUT2D eigenvalue weighted by Gasteiger charge is -2.11. The molecule has 0 N–H and O–H groups in total. The Morgan fingerprint density at radius 2 is 1.95 bits per heavy atom. The Balaban J connectivity index is 2.62. The van der Waals surface area contributed by atoms with Gasteiger partial charge in [-0.15, -0.1) is 0 Å². The second-order valence-corrected chi connectivity index (χ2v) is 6.08. The van der Waals surface area contributed by atoms with Crippen molar-refractivity contribution < 1.29 is 19.1 Å². The Bertz CT molecular complexity index is 468. The van der Waals surface area contributed by atoms with Gasteiger partial charge in [-0.3, -0.25) is 4.79 Å². The maximum absolute atomic E-state index is 11.5. The van der Waals surface area contributed by atoms with Crippen LogP contribution in [0.1, 0.15) is 23.7 Å². The Morgan fingerprint density at radius 3 is 2.53 bits per heavy atom. The van der Waals surface area contributed by atoms with Gasteiger partial charge in [-0.05, 0) is 12.1 Å². The standard InChI is InChI=1S/C12H11Cl3O4/c1-2-10(16)8-4-3-5-9(6-8)19-11(17)18-7-12(13,14)15/h3-6H,2,7H2,1H3. The molecule has 0 atom stereocenters. The summed E-state index contributed by atoms with van der Waals surface area (Å²) in [5.74, 6) is 0.133. The summed E-state index contributed by atoms with van der Waals surface area (Å²) in [5, 5.41) is 0. The van der Waals surface area contributed by atoms with Crippen LogP contribution >= 0.6 is 34.8 Å². The van der Waals surface area contributed by atoms with E-state index in [2.05, 4.69) is 4.74 Å². The molecule has 1 rings (SSSR count). The molecule has 0 aliphatic heterocycles. The maximum atomic E-state index is 11.5. The highest BCUT2D eigenvalue weighted by atomic mass is 35.6. The molecule has 0 saturated heterocycles. The summed E-state index contributed by atoms with van der Waals surface area (Å²) in [7, 11) is 0. The van der Waals surface area contributed by atoms with E-state index >= 15 is 0 Å². The number of Topliss-reactive ketones (excluding diaryl/α,β-unsaturated/α-hetero) is 1. The van der Waals surface area contributed by atoms with Gasteiger partial charge in [-0.25, -0.2) is 4.79 Å². The Hall–Kier alpha value is -0.970. The Kier molecular flexibility index (Phi) is 5.91. The van der Waals surface area contributed by atoms with E-state index in [9.17, 15) is 9.59 Å². The molecule has 0 amide bonds. The minimum absolute atomic E-state index is 0.0555. The summed E-state index contributed by atoms with van der Waals surface area (Å²) >= 11 is 16.3. The van der Waals surface area contributed by atoms with Gasteiger partial charge in [0.15, 0.2) is 5.78 Å². The quantitative estimate of drug-likeness (QED) is 0.361. The SMILES string of the molecule is CCC(=O)c1cccc(OC(=O)OCC(Cl)(Cl)Cl)c1. The predicted octanol–water partition coefficient (Wildman–Crippen LogP) is 4.16. The highest BCUT2D eigenvalue weighted by Gasteiger charge is 2.23. The average molecular weight is 326 g/mol. The first-order chi connectivity index (χ1) is 8.81. The number of rotatable bonds is 4. The Morgan fingerprint density at radius 1 is 1.26 bits per heavy atom. The number of halogens is 3. The van der Waals surface area contributed by atoms with Gasteiger partial charge in [0.25, 0.3) is 0 Å². The van der Waals surface area contributed by atoms with E-state index in [4.69, 9.17) is 39.5 Å². The lowest BCUT2D eigenvalue weighted by atomic mass is 10.1. The summed E-state index contributed by atoms with van der Waals surface area (Å²) in [6.45, 7) is 1.31. The van der Waals surface area contributed by atoms with Crippen LogP contribution in [0, 0.1) is 0 Å². The van der Waals surface area contributed by atoms with Gasteiger partial charge in [0, 0.05) is 12.0 Å². The average Bonchev–Trinajstić information content (AvgIpc) is 2.35. The van der Waals surface area contributed by atoms with Crippen molar-refractivity contribution in [2.24, 2.45) is 0 Å². The van der Waals surface area contributed by atoms with E-state index in [1.807, 2.05) is 0 Å². The third-order valence-corrected chi connectivity index (χ3v) is 2.36. The summed E-state index contributed by atoms with van der Waals surface area (Å²) in [4.78, 5) is 22.8. The van der Waals surface area contributed by atoms with E-state index in [0.29, 0.717) is 12.0 Å². The van der Waals surface area contributed by atoms with Gasteiger partial charge in [0.2, 0.25) is 3.79 Å². The topological polar surface area (TPSA) is 52.6 Å². The summed E-state index contributed by atoms with van der Waals surface area (Å²) in [5.41, 5.74) is 0.453. The molecule has 104 valence electrons. The zero-order valence-corrected chi connectivity index (χ0v) is 12.3. The van der Waals surface area contributed by atoms with Gasteiger partial charge in [0.05, 0.1) is 0 Å². The van der Waals surface area contributed by atoms with Crippen LogP contribution < -0.4 is 4.74 Å². The van der Waals surface area contributed by atoms with Gasteiger partial charge < -0.3 is 9.47 Å². The lowest BCUT2D eigenvalue weighted by Crippen LogP contribution is -2.19. The smallest absolute Gasteiger partial charge is 0.429 e. The van der Waals surface area contributed by atoms with E-state index < -0.39 is 16.6 Å². The molecule has 19 heavy (non-hydrogen) atoms. The molecule has 0 saturated carbocycles. The van der Waals surface area contributed by atoms with Crippen molar-refractivity contribution in [3.8, 4) is 5.75 Å². The summed E-state index contributed by atoms with van der Waals surface area (Å²) in [6, 6.07) is 6.19. The third kappa shape index (κ3) is 6.14. The molecule has 1 aromatic carbocycles. The molecule has 0 unspecified atom stereocenters. The first-order valence-electron chi connectivity index (χ1n) is 5.36. The summed E-state index contributed by atoms with van der Waals surface area (Å²) < 4.78 is 7.76. The van der Waals surface area contributed by atoms with E-state index in [0.717, 1.165) is 0 Å². The molecular formula is C12H11Cl3O4. The first kappa shape index (κ1) is 16.1. The van der Waals surface area contributed by atoms with Gasteiger partial charge in [0.1, 0.15) is 12.4 Å². The largest absolute Gasteiger partial charge is 0.513 e. The minimum Gasteiger partial charge on any atom is -0.429 e. The van der Waals surface area contributed by atoms with Gasteiger partial charge >= 0.3 is 6.16 Å². The molecule has 7 heteroatoms. The van der Waals surface area contributed by atoms with Crippen molar-refractivity contribution in [2.75, 3.05) is 6.61 Å². The van der Waals surface area contributed by atoms with Crippen LogP contribution in [0.25, 0.3) is 0 Å². The molecule has 0 fully saturated rings. The van der Waals surface area contributed by atoms with Crippen LogP contribution in [-0.4, -0.2) is 22.3 Å². The fraction of sp³-hybridized carbons (Fsp3) is 0.333. The molecule has 0 spiro atoms. The highest BCUT2D eigenvalue weighted by Crippen LogP contribution is 2.26. The number of carbonyl (C=O) groups excluding carboxylic acids is 2. The van der Waals surface area contributed by atoms with E-state index in [1.165, 1.54) is 12.1 Å². The molecule has 4 nitrogen and oxygen atoms in total. The summed E-state index contributed by atoms with van der Waals surface area (Å²) in [6.07, 6.45) is -0.645. The van der Waals surface area contributed by atoms with E-state index in [-0.39, 0.29) is 11.5 Å². The van der Waals surface area contributed by atoms with Crippen molar-refractivity contribution in [1.29, 1.82) is 0 Å². The number of hydrogen-bond donors (Lipinski definition) is 0. The number of ether oxygens (including phenoxy) is 2. The molecular weight excluding hydrogens is 314 g/mol. The molecule has 1 aromatic rings. The normalized spacial score (nSPS) is 10.9. The van der Waals surface area contributed by atoms with Crippen molar-refractivity contribution >= 4 is 46.7 Å². The number of carbonyl (C=O) groups is 2. The number of hydrogen-bond acceptors (Lipinski definition) is 4. The van der Waals surface area contributed by atoms with Crippen molar-refractivity contribution in [2.45, 2.75) is 17.1 Å². The Labute approximate surface area is 125 Å². The van der Waals surface area contributed by atoms with Crippen LogP contribution in [0.4, 0.5) is 4.79 Å². The third-order valence-electron chi connectivity index (χ3n) is 2.03. The fourth-order valence-electron chi connectivity index (χ4n) is 1.20. The highest BCUT2D eigenvalue weighted by molar-refractivity contribution is 6.67. The number of ketones is 1. The second-order valence-electron chi connectivity index (χ2n) is 3.56. The van der Waals surface area contributed by atoms with Crippen LogP contribution in [0.5, 0.6) is 5.75 Å². The maximum Gasteiger partial charge on any atom is 0.513 e. The van der Waals surface area contributed by atoms with Gasteiger partial charge in [-0.1, -0.05) is 53.9 Å². The van der Waals surface area contributed by atoms with Crippen LogP contribution in [0.3, 0.4) is 0 Å². The van der Waals surface area contributed by atoms with E-state index in [1.54, 1.807) is 19.1 Å². The molecule has 0 aromatic heterocycles. The predicted molar refractivity (Wildman–Crippen MR) is 73.3 cm³/mol. The number of benzene rings is 1. The number of alkyl halides is 3. The van der Waals surface area contributed by atoms with Crippen LogP contribution in [0.15, 0.2) is 24.3 Å². The molecule has 0 bridgehead atoms.